The van der Waals surface area contributed by atoms with Crippen LogP contribution in [0.4, 0.5) is 5.13 Å². The summed E-state index contributed by atoms with van der Waals surface area (Å²) in [7, 11) is 1.70. The van der Waals surface area contributed by atoms with Crippen molar-refractivity contribution >= 4 is 22.4 Å². The van der Waals surface area contributed by atoms with Crippen LogP contribution in [0, 0.1) is 6.92 Å². The van der Waals surface area contributed by atoms with Gasteiger partial charge in [-0.25, -0.2) is 4.98 Å². The van der Waals surface area contributed by atoms with Gasteiger partial charge >= 0.3 is 0 Å². The van der Waals surface area contributed by atoms with E-state index in [1.165, 1.54) is 16.9 Å². The van der Waals surface area contributed by atoms with E-state index in [0.29, 0.717) is 17.5 Å². The highest BCUT2D eigenvalue weighted by atomic mass is 32.1. The molecule has 0 unspecified atom stereocenters. The van der Waals surface area contributed by atoms with Crippen molar-refractivity contribution in [3.05, 3.63) is 65.0 Å². The zero-order valence-electron chi connectivity index (χ0n) is 15.4. The minimum atomic E-state index is -0.228. The fourth-order valence-electron chi connectivity index (χ4n) is 2.54. The zero-order chi connectivity index (χ0) is 19.1. The lowest BCUT2D eigenvalue weighted by molar-refractivity contribution is -0.118. The number of thiazole rings is 1. The number of aromatic nitrogens is 1. The molecule has 2 aromatic carbocycles. The summed E-state index contributed by atoms with van der Waals surface area (Å²) >= 11 is 1.40. The molecule has 0 saturated carbocycles. The summed E-state index contributed by atoms with van der Waals surface area (Å²) in [6, 6.07) is 15.8. The van der Waals surface area contributed by atoms with Crippen LogP contribution in [0.2, 0.25) is 0 Å². The maximum atomic E-state index is 12.1. The van der Waals surface area contributed by atoms with Crippen molar-refractivity contribution in [3.63, 3.8) is 0 Å². The van der Waals surface area contributed by atoms with Crippen LogP contribution in [0.5, 0.6) is 5.75 Å². The van der Waals surface area contributed by atoms with Gasteiger partial charge in [-0.3, -0.25) is 10.1 Å². The van der Waals surface area contributed by atoms with Crippen LogP contribution in [0.1, 0.15) is 11.1 Å². The second-order valence-electron chi connectivity index (χ2n) is 6.08. The van der Waals surface area contributed by atoms with Gasteiger partial charge in [-0.1, -0.05) is 42.5 Å². The molecule has 0 radical (unpaired) electrons. The number of para-hydroxylation sites is 1. The number of carbonyl (C=O) groups excluding carboxylic acids is 1. The number of aryl methyl sites for hydroxylation is 1. The van der Waals surface area contributed by atoms with Crippen LogP contribution in [-0.4, -0.2) is 31.2 Å². The summed E-state index contributed by atoms with van der Waals surface area (Å²) in [5.41, 5.74) is 4.07. The molecule has 0 saturated heterocycles. The minimum absolute atomic E-state index is 0.0477. The van der Waals surface area contributed by atoms with Crippen LogP contribution in [0.25, 0.3) is 11.3 Å². The van der Waals surface area contributed by atoms with Crippen molar-refractivity contribution in [2.24, 2.45) is 0 Å². The first-order chi connectivity index (χ1) is 13.2. The first kappa shape index (κ1) is 19.1. The Morgan fingerprint density at radius 1 is 1.15 bits per heavy atom. The molecule has 27 heavy (non-hydrogen) atoms. The highest BCUT2D eigenvalue weighted by Gasteiger charge is 2.09. The van der Waals surface area contributed by atoms with E-state index in [1.54, 1.807) is 7.11 Å². The maximum Gasteiger partial charge on any atom is 0.264 e. The highest BCUT2D eigenvalue weighted by Crippen LogP contribution is 2.25. The molecule has 0 fully saturated rings. The van der Waals surface area contributed by atoms with Crippen molar-refractivity contribution in [2.45, 2.75) is 13.3 Å². The zero-order valence-corrected chi connectivity index (χ0v) is 16.2. The molecule has 1 amide bonds. The second kappa shape index (κ2) is 9.30. The van der Waals surface area contributed by atoms with Crippen molar-refractivity contribution in [2.75, 3.05) is 25.6 Å². The van der Waals surface area contributed by atoms with Gasteiger partial charge in [0.15, 0.2) is 11.7 Å². The third kappa shape index (κ3) is 5.39. The highest BCUT2D eigenvalue weighted by molar-refractivity contribution is 7.14. The maximum absolute atomic E-state index is 12.1. The Balaban J connectivity index is 1.55. The Kier molecular flexibility index (Phi) is 6.57. The topological polar surface area (TPSA) is 60.5 Å². The quantitative estimate of drug-likeness (QED) is 0.630. The van der Waals surface area contributed by atoms with Crippen molar-refractivity contribution in [1.29, 1.82) is 0 Å². The van der Waals surface area contributed by atoms with E-state index < -0.39 is 0 Å². The van der Waals surface area contributed by atoms with Gasteiger partial charge in [-0.2, -0.15) is 0 Å². The third-order valence-corrected chi connectivity index (χ3v) is 4.81. The minimum Gasteiger partial charge on any atom is -0.483 e. The van der Waals surface area contributed by atoms with Crippen LogP contribution < -0.4 is 10.1 Å². The monoisotopic (exact) mass is 382 g/mol. The number of methoxy groups -OCH3 is 1. The summed E-state index contributed by atoms with van der Waals surface area (Å²) in [5.74, 6) is 0.482. The number of hydrogen-bond acceptors (Lipinski definition) is 5. The normalized spacial score (nSPS) is 10.6. The molecule has 3 rings (SSSR count). The predicted molar refractivity (Wildman–Crippen MR) is 108 cm³/mol. The summed E-state index contributed by atoms with van der Waals surface area (Å²) in [4.78, 5) is 16.6. The standard InChI is InChI=1S/C21H22N2O3S/c1-15-5-3-4-6-19(15)26-13-20(24)23-21-22-18(14-27-21)17-9-7-16(8-10-17)11-12-25-2/h3-10,14H,11-13H2,1-2H3,(H,22,23,24). The van der Waals surface area contributed by atoms with Crippen molar-refractivity contribution in [3.8, 4) is 17.0 Å². The molecular formula is C21H22N2O3S. The van der Waals surface area contributed by atoms with E-state index in [0.717, 1.165) is 23.2 Å². The van der Waals surface area contributed by atoms with Gasteiger partial charge in [-0.15, -0.1) is 11.3 Å². The molecule has 5 nitrogen and oxygen atoms in total. The number of hydrogen-bond donors (Lipinski definition) is 1. The molecular weight excluding hydrogens is 360 g/mol. The molecule has 0 aliphatic carbocycles. The van der Waals surface area contributed by atoms with E-state index in [4.69, 9.17) is 9.47 Å². The molecule has 1 heterocycles. The smallest absolute Gasteiger partial charge is 0.264 e. The largest absolute Gasteiger partial charge is 0.483 e. The Labute approximate surface area is 163 Å². The van der Waals surface area contributed by atoms with Crippen LogP contribution in [0.15, 0.2) is 53.9 Å². The van der Waals surface area contributed by atoms with Gasteiger partial charge in [0.1, 0.15) is 5.75 Å². The van der Waals surface area contributed by atoms with Gasteiger partial charge in [-0.05, 0) is 30.5 Å². The molecule has 0 aliphatic heterocycles. The predicted octanol–water partition coefficient (Wildman–Crippen LogP) is 4.32. The molecule has 0 aliphatic rings. The molecule has 6 heteroatoms. The number of ether oxygens (including phenoxy) is 2. The molecule has 3 aromatic rings. The van der Waals surface area contributed by atoms with Gasteiger partial charge in [0.25, 0.3) is 5.91 Å². The lowest BCUT2D eigenvalue weighted by Crippen LogP contribution is -2.20. The first-order valence-electron chi connectivity index (χ1n) is 8.68. The fraction of sp³-hybridized carbons (Fsp3) is 0.238. The van der Waals surface area contributed by atoms with E-state index in [-0.39, 0.29) is 12.5 Å². The molecule has 1 aromatic heterocycles. The number of carbonyl (C=O) groups is 1. The van der Waals surface area contributed by atoms with Gasteiger partial charge in [0.05, 0.1) is 12.3 Å². The van der Waals surface area contributed by atoms with Crippen molar-refractivity contribution in [1.82, 2.24) is 4.98 Å². The number of nitrogens with zero attached hydrogens (tertiary/aromatic N) is 1. The van der Waals surface area contributed by atoms with E-state index in [1.807, 2.05) is 48.7 Å². The number of nitrogens with one attached hydrogen (secondary N) is 1. The molecule has 0 spiro atoms. The molecule has 0 atom stereocenters. The molecule has 1 N–H and O–H groups in total. The fourth-order valence-corrected chi connectivity index (χ4v) is 3.28. The van der Waals surface area contributed by atoms with Gasteiger partial charge in [0.2, 0.25) is 0 Å². The van der Waals surface area contributed by atoms with E-state index in [2.05, 4.69) is 22.4 Å². The number of rotatable bonds is 8. The van der Waals surface area contributed by atoms with E-state index >= 15 is 0 Å². The van der Waals surface area contributed by atoms with Crippen LogP contribution >= 0.6 is 11.3 Å². The van der Waals surface area contributed by atoms with E-state index in [9.17, 15) is 4.79 Å². The number of anilines is 1. The molecule has 0 bridgehead atoms. The van der Waals surface area contributed by atoms with Crippen LogP contribution in [-0.2, 0) is 16.0 Å². The number of amides is 1. The van der Waals surface area contributed by atoms with Crippen LogP contribution in [0.3, 0.4) is 0 Å². The average molecular weight is 382 g/mol. The summed E-state index contributed by atoms with van der Waals surface area (Å²) in [5, 5.41) is 5.28. The second-order valence-corrected chi connectivity index (χ2v) is 6.94. The van der Waals surface area contributed by atoms with Crippen molar-refractivity contribution < 1.29 is 14.3 Å². The third-order valence-electron chi connectivity index (χ3n) is 4.05. The lowest BCUT2D eigenvalue weighted by Gasteiger charge is -2.08. The Morgan fingerprint density at radius 2 is 1.93 bits per heavy atom. The SMILES string of the molecule is COCCc1ccc(-c2csc(NC(=O)COc3ccccc3C)n2)cc1. The molecule has 140 valence electrons. The first-order valence-corrected chi connectivity index (χ1v) is 9.56. The average Bonchev–Trinajstić information content (AvgIpc) is 3.14. The summed E-state index contributed by atoms with van der Waals surface area (Å²) < 4.78 is 10.7. The van der Waals surface area contributed by atoms with Gasteiger partial charge in [0, 0.05) is 18.1 Å². The van der Waals surface area contributed by atoms with Gasteiger partial charge < -0.3 is 9.47 Å². The summed E-state index contributed by atoms with van der Waals surface area (Å²) in [6.07, 6.45) is 0.885. The Morgan fingerprint density at radius 3 is 2.67 bits per heavy atom. The Bertz CT molecular complexity index is 890. The number of benzene rings is 2. The Hall–Kier alpha value is -2.70. The lowest BCUT2D eigenvalue weighted by atomic mass is 10.1. The summed E-state index contributed by atoms with van der Waals surface area (Å²) in [6.45, 7) is 2.60.